The summed E-state index contributed by atoms with van der Waals surface area (Å²) in [7, 11) is 0. The molecule has 2 aromatic rings. The van der Waals surface area contributed by atoms with E-state index in [4.69, 9.17) is 4.74 Å². The van der Waals surface area contributed by atoms with Crippen molar-refractivity contribution >= 4 is 23.2 Å². The molecular weight excluding hydrogens is 366 g/mol. The minimum Gasteiger partial charge on any atom is -0.494 e. The van der Waals surface area contributed by atoms with Gasteiger partial charge < -0.3 is 20.3 Å². The highest BCUT2D eigenvalue weighted by molar-refractivity contribution is 5.96. The highest BCUT2D eigenvalue weighted by Crippen LogP contribution is 2.17. The van der Waals surface area contributed by atoms with Gasteiger partial charge in [-0.2, -0.15) is 0 Å². The molecule has 6 nitrogen and oxygen atoms in total. The van der Waals surface area contributed by atoms with Crippen LogP contribution in [0.15, 0.2) is 48.5 Å². The lowest BCUT2D eigenvalue weighted by molar-refractivity contribution is -0.114. The first kappa shape index (κ1) is 20.7. The van der Waals surface area contributed by atoms with E-state index in [-0.39, 0.29) is 18.4 Å². The van der Waals surface area contributed by atoms with Crippen molar-refractivity contribution in [1.29, 1.82) is 0 Å². The Labute approximate surface area is 172 Å². The molecule has 154 valence electrons. The molecule has 1 fully saturated rings. The van der Waals surface area contributed by atoms with Crippen LogP contribution in [0.3, 0.4) is 0 Å². The van der Waals surface area contributed by atoms with Crippen molar-refractivity contribution in [2.75, 3.05) is 36.9 Å². The fraction of sp³-hybridized carbons (Fsp3) is 0.391. The Kier molecular flexibility index (Phi) is 7.50. The molecule has 1 aliphatic rings. The zero-order valence-corrected chi connectivity index (χ0v) is 16.9. The maximum Gasteiger partial charge on any atom is 0.253 e. The van der Waals surface area contributed by atoms with Crippen LogP contribution in [-0.2, 0) is 4.79 Å². The highest BCUT2D eigenvalue weighted by atomic mass is 16.5. The van der Waals surface area contributed by atoms with Gasteiger partial charge in [0.15, 0.2) is 0 Å². The Morgan fingerprint density at radius 2 is 1.69 bits per heavy atom. The Bertz CT molecular complexity index is 812. The average Bonchev–Trinajstić information content (AvgIpc) is 3.03. The van der Waals surface area contributed by atoms with Gasteiger partial charge in [-0.25, -0.2) is 0 Å². The van der Waals surface area contributed by atoms with Gasteiger partial charge in [0.25, 0.3) is 5.91 Å². The number of benzene rings is 2. The predicted octanol–water partition coefficient (Wildman–Crippen LogP) is 4.15. The van der Waals surface area contributed by atoms with Gasteiger partial charge in [0.2, 0.25) is 5.91 Å². The maximum atomic E-state index is 12.8. The first-order valence-electron chi connectivity index (χ1n) is 10.3. The van der Waals surface area contributed by atoms with Crippen LogP contribution in [0.1, 0.15) is 43.0 Å². The van der Waals surface area contributed by atoms with E-state index in [2.05, 4.69) is 10.6 Å². The highest BCUT2D eigenvalue weighted by Gasteiger charge is 2.17. The number of anilines is 2. The molecule has 3 rings (SSSR count). The van der Waals surface area contributed by atoms with Crippen LogP contribution < -0.4 is 15.4 Å². The molecule has 0 bridgehead atoms. The van der Waals surface area contributed by atoms with Gasteiger partial charge in [-0.05, 0) is 62.2 Å². The molecule has 0 saturated carbocycles. The summed E-state index contributed by atoms with van der Waals surface area (Å²) in [5.41, 5.74) is 2.13. The van der Waals surface area contributed by atoms with Gasteiger partial charge in [0.05, 0.1) is 13.2 Å². The van der Waals surface area contributed by atoms with E-state index in [0.717, 1.165) is 37.4 Å². The normalized spacial score (nSPS) is 14.0. The summed E-state index contributed by atoms with van der Waals surface area (Å²) in [6.45, 7) is 4.29. The van der Waals surface area contributed by atoms with Gasteiger partial charge in [-0.3, -0.25) is 9.59 Å². The molecule has 0 spiro atoms. The van der Waals surface area contributed by atoms with Crippen LogP contribution in [-0.4, -0.2) is 43.0 Å². The molecule has 0 atom stereocenters. The smallest absolute Gasteiger partial charge is 0.253 e. The first-order valence-corrected chi connectivity index (χ1v) is 10.3. The molecule has 0 aromatic heterocycles. The molecule has 0 unspecified atom stereocenters. The van der Waals surface area contributed by atoms with E-state index in [9.17, 15) is 9.59 Å². The quantitative estimate of drug-likeness (QED) is 0.739. The Hall–Kier alpha value is -3.02. The minimum absolute atomic E-state index is 0.0642. The summed E-state index contributed by atoms with van der Waals surface area (Å²) in [4.78, 5) is 26.9. The topological polar surface area (TPSA) is 70.7 Å². The maximum absolute atomic E-state index is 12.8. The number of rotatable bonds is 7. The summed E-state index contributed by atoms with van der Waals surface area (Å²) in [6.07, 6.45) is 4.51. The number of amides is 2. The lowest BCUT2D eigenvalue weighted by Crippen LogP contribution is -2.31. The van der Waals surface area contributed by atoms with Crippen LogP contribution >= 0.6 is 0 Å². The molecule has 2 N–H and O–H groups in total. The van der Waals surface area contributed by atoms with Crippen molar-refractivity contribution in [3.8, 4) is 5.75 Å². The zero-order valence-electron chi connectivity index (χ0n) is 16.9. The van der Waals surface area contributed by atoms with Crippen LogP contribution in [0, 0.1) is 0 Å². The van der Waals surface area contributed by atoms with Gasteiger partial charge in [0.1, 0.15) is 5.75 Å². The van der Waals surface area contributed by atoms with Crippen molar-refractivity contribution < 1.29 is 14.3 Å². The largest absolute Gasteiger partial charge is 0.494 e. The van der Waals surface area contributed by atoms with Gasteiger partial charge in [-0.15, -0.1) is 0 Å². The minimum atomic E-state index is -0.154. The molecule has 0 aliphatic carbocycles. The third-order valence-electron chi connectivity index (χ3n) is 4.90. The monoisotopic (exact) mass is 395 g/mol. The van der Waals surface area contributed by atoms with Gasteiger partial charge >= 0.3 is 0 Å². The van der Waals surface area contributed by atoms with Gasteiger partial charge in [-0.1, -0.05) is 18.9 Å². The molecule has 1 heterocycles. The van der Waals surface area contributed by atoms with E-state index < -0.39 is 0 Å². The second-order valence-electron chi connectivity index (χ2n) is 7.15. The average molecular weight is 396 g/mol. The molecule has 2 amide bonds. The lowest BCUT2D eigenvalue weighted by Gasteiger charge is -2.20. The fourth-order valence-corrected chi connectivity index (χ4v) is 3.41. The zero-order chi connectivity index (χ0) is 20.5. The number of ether oxygens (including phenoxy) is 1. The summed E-state index contributed by atoms with van der Waals surface area (Å²) in [5, 5.41) is 5.94. The summed E-state index contributed by atoms with van der Waals surface area (Å²) >= 11 is 0. The van der Waals surface area contributed by atoms with E-state index in [1.807, 2.05) is 60.4 Å². The first-order chi connectivity index (χ1) is 14.2. The number of hydrogen-bond donors (Lipinski definition) is 2. The summed E-state index contributed by atoms with van der Waals surface area (Å²) < 4.78 is 5.40. The van der Waals surface area contributed by atoms with E-state index in [1.54, 1.807) is 0 Å². The molecular formula is C23H29N3O3. The fourth-order valence-electron chi connectivity index (χ4n) is 3.41. The molecule has 6 heteroatoms. The number of carbonyl (C=O) groups excluding carboxylic acids is 2. The number of likely N-dealkylation sites (tertiary alicyclic amines) is 1. The molecule has 1 saturated heterocycles. The van der Waals surface area contributed by atoms with Crippen molar-refractivity contribution in [2.45, 2.75) is 32.6 Å². The standard InChI is InChI=1S/C23H29N3O3/c1-2-29-21-12-10-19(11-13-21)25-22(27)17-24-20-9-7-8-18(16-20)23(28)26-14-5-3-4-6-15-26/h7-13,16,24H,2-6,14-15,17H2,1H3,(H,25,27). The van der Waals surface area contributed by atoms with E-state index in [1.165, 1.54) is 12.8 Å². The molecule has 29 heavy (non-hydrogen) atoms. The van der Waals surface area contributed by atoms with Crippen LogP contribution in [0.5, 0.6) is 5.75 Å². The van der Waals surface area contributed by atoms with Crippen LogP contribution in [0.25, 0.3) is 0 Å². The molecule has 0 radical (unpaired) electrons. The third kappa shape index (κ3) is 6.24. The van der Waals surface area contributed by atoms with E-state index in [0.29, 0.717) is 17.9 Å². The Morgan fingerprint density at radius 3 is 2.38 bits per heavy atom. The number of carbonyl (C=O) groups is 2. The number of nitrogens with one attached hydrogen (secondary N) is 2. The van der Waals surface area contributed by atoms with Crippen molar-refractivity contribution in [2.24, 2.45) is 0 Å². The number of nitrogens with zero attached hydrogens (tertiary/aromatic N) is 1. The molecule has 2 aromatic carbocycles. The summed E-state index contributed by atoms with van der Waals surface area (Å²) in [6, 6.07) is 14.6. The number of hydrogen-bond acceptors (Lipinski definition) is 4. The lowest BCUT2D eigenvalue weighted by atomic mass is 10.1. The Morgan fingerprint density at radius 1 is 0.966 bits per heavy atom. The van der Waals surface area contributed by atoms with Crippen LogP contribution in [0.4, 0.5) is 11.4 Å². The summed E-state index contributed by atoms with van der Waals surface area (Å²) in [5.74, 6) is 0.683. The van der Waals surface area contributed by atoms with Crippen molar-refractivity contribution in [3.63, 3.8) is 0 Å². The van der Waals surface area contributed by atoms with E-state index >= 15 is 0 Å². The third-order valence-corrected chi connectivity index (χ3v) is 4.90. The second-order valence-corrected chi connectivity index (χ2v) is 7.15. The van der Waals surface area contributed by atoms with Crippen LogP contribution in [0.2, 0.25) is 0 Å². The molecule has 1 aliphatic heterocycles. The predicted molar refractivity (Wildman–Crippen MR) is 116 cm³/mol. The van der Waals surface area contributed by atoms with Crippen molar-refractivity contribution in [3.05, 3.63) is 54.1 Å². The van der Waals surface area contributed by atoms with Gasteiger partial charge in [0, 0.05) is 30.0 Å². The second kappa shape index (κ2) is 10.5. The Balaban J connectivity index is 1.53. The van der Waals surface area contributed by atoms with Crippen molar-refractivity contribution in [1.82, 2.24) is 4.90 Å². The SMILES string of the molecule is CCOc1ccc(NC(=O)CNc2cccc(C(=O)N3CCCCCC3)c2)cc1.